The molecule has 2 unspecified atom stereocenters. The van der Waals surface area contributed by atoms with Crippen molar-refractivity contribution in [2.45, 2.75) is 25.3 Å². The lowest BCUT2D eigenvalue weighted by Gasteiger charge is -2.35. The van der Waals surface area contributed by atoms with Crippen molar-refractivity contribution in [1.29, 1.82) is 0 Å². The van der Waals surface area contributed by atoms with Crippen molar-refractivity contribution in [3.05, 3.63) is 12.0 Å². The number of piperidine rings is 1. The van der Waals surface area contributed by atoms with E-state index in [9.17, 15) is 0 Å². The zero-order valence-corrected chi connectivity index (χ0v) is 10.4. The smallest absolute Gasteiger partial charge is 0.297 e. The number of ether oxygens (including phenoxy) is 1. The molecule has 1 aliphatic heterocycles. The minimum Gasteiger partial charge on any atom is -0.432 e. The number of methoxy groups -OCH3 is 1. The van der Waals surface area contributed by atoms with Crippen LogP contribution in [0.3, 0.4) is 0 Å². The van der Waals surface area contributed by atoms with Crippen molar-refractivity contribution in [2.24, 2.45) is 5.92 Å². The van der Waals surface area contributed by atoms with Gasteiger partial charge in [-0.05, 0) is 12.3 Å². The molecular weight excluding hydrogens is 228 g/mol. The first kappa shape index (κ1) is 11.7. The molecule has 0 bridgehead atoms. The molecule has 0 N–H and O–H groups in total. The molecule has 2 rings (SSSR count). The van der Waals surface area contributed by atoms with Crippen molar-refractivity contribution in [2.75, 3.05) is 25.1 Å². The summed E-state index contributed by atoms with van der Waals surface area (Å²) in [5.74, 6) is 0.977. The van der Waals surface area contributed by atoms with E-state index in [0.29, 0.717) is 17.8 Å². The highest BCUT2D eigenvalue weighted by Crippen LogP contribution is 2.24. The second-order valence-corrected chi connectivity index (χ2v) is 4.51. The fourth-order valence-electron chi connectivity index (χ4n) is 2.02. The van der Waals surface area contributed by atoms with Gasteiger partial charge in [-0.25, -0.2) is 0 Å². The highest BCUT2D eigenvalue weighted by Gasteiger charge is 2.28. The first-order valence-corrected chi connectivity index (χ1v) is 6.06. The molecule has 0 aromatic carbocycles. The second kappa shape index (κ2) is 5.06. The predicted octanol–water partition coefficient (Wildman–Crippen LogP) is 2.27. The van der Waals surface area contributed by atoms with E-state index in [1.807, 2.05) is 0 Å². The molecule has 1 saturated heterocycles. The van der Waals surface area contributed by atoms with E-state index < -0.39 is 0 Å². The van der Waals surface area contributed by atoms with Crippen LogP contribution in [-0.4, -0.2) is 31.3 Å². The van der Waals surface area contributed by atoms with Gasteiger partial charge in [0.1, 0.15) is 6.26 Å². The van der Waals surface area contributed by atoms with Crippen LogP contribution >= 0.6 is 11.6 Å². The quantitative estimate of drug-likeness (QED) is 0.765. The summed E-state index contributed by atoms with van der Waals surface area (Å²) in [5, 5.41) is 0. The molecule has 0 radical (unpaired) electrons. The van der Waals surface area contributed by atoms with Crippen molar-refractivity contribution in [1.82, 2.24) is 4.98 Å². The number of nitrogens with zero attached hydrogens (tertiary/aromatic N) is 2. The summed E-state index contributed by atoms with van der Waals surface area (Å²) in [7, 11) is 1.75. The summed E-state index contributed by atoms with van der Waals surface area (Å²) >= 11 is 5.69. The highest BCUT2D eigenvalue weighted by atomic mass is 35.5. The maximum atomic E-state index is 5.69. The number of hydrogen-bond donors (Lipinski definition) is 0. The van der Waals surface area contributed by atoms with Crippen LogP contribution in [0.2, 0.25) is 0 Å². The molecule has 0 spiro atoms. The third-order valence-electron chi connectivity index (χ3n) is 3.14. The Kier molecular flexibility index (Phi) is 3.71. The van der Waals surface area contributed by atoms with Gasteiger partial charge < -0.3 is 14.1 Å². The molecule has 0 amide bonds. The summed E-state index contributed by atoms with van der Waals surface area (Å²) in [6, 6.07) is 0.657. The van der Waals surface area contributed by atoms with Crippen LogP contribution in [0.15, 0.2) is 10.7 Å². The number of alkyl halides is 1. The number of rotatable bonds is 3. The fourth-order valence-corrected chi connectivity index (χ4v) is 2.14. The zero-order chi connectivity index (χ0) is 11.5. The van der Waals surface area contributed by atoms with E-state index in [1.165, 1.54) is 0 Å². The minimum atomic E-state index is 0.250. The van der Waals surface area contributed by atoms with E-state index in [-0.39, 0.29) is 6.10 Å². The Morgan fingerprint density at radius 3 is 3.12 bits per heavy atom. The minimum absolute atomic E-state index is 0.250. The van der Waals surface area contributed by atoms with Crippen LogP contribution in [0, 0.1) is 5.92 Å². The van der Waals surface area contributed by atoms with Gasteiger partial charge in [-0.3, -0.25) is 0 Å². The summed E-state index contributed by atoms with van der Waals surface area (Å²) in [6.07, 6.45) is 2.96. The lowest BCUT2D eigenvalue weighted by atomic mass is 9.96. The van der Waals surface area contributed by atoms with E-state index in [0.717, 1.165) is 25.2 Å². The van der Waals surface area contributed by atoms with Crippen LogP contribution in [0.25, 0.3) is 0 Å². The predicted molar refractivity (Wildman–Crippen MR) is 62.9 cm³/mol. The van der Waals surface area contributed by atoms with Gasteiger partial charge in [0.2, 0.25) is 0 Å². The topological polar surface area (TPSA) is 38.5 Å². The number of oxazole rings is 1. The van der Waals surface area contributed by atoms with Crippen LogP contribution in [-0.2, 0) is 10.6 Å². The fraction of sp³-hybridized carbons (Fsp3) is 0.727. The summed E-state index contributed by atoms with van der Waals surface area (Å²) in [6.45, 7) is 4.01. The number of anilines is 1. The molecule has 0 saturated carbocycles. The molecule has 1 aromatic rings. The SMILES string of the molecule is COC1CN(c2nc(CCl)co2)CCC1C. The molecule has 16 heavy (non-hydrogen) atoms. The maximum absolute atomic E-state index is 5.69. The van der Waals surface area contributed by atoms with E-state index >= 15 is 0 Å². The summed E-state index contributed by atoms with van der Waals surface area (Å²) in [5.41, 5.74) is 0.782. The van der Waals surface area contributed by atoms with E-state index in [4.69, 9.17) is 20.8 Å². The lowest BCUT2D eigenvalue weighted by molar-refractivity contribution is 0.0486. The lowest BCUT2D eigenvalue weighted by Crippen LogP contribution is -2.44. The van der Waals surface area contributed by atoms with Gasteiger partial charge in [0, 0.05) is 20.2 Å². The molecule has 4 nitrogen and oxygen atoms in total. The van der Waals surface area contributed by atoms with E-state index in [1.54, 1.807) is 13.4 Å². The number of hydrogen-bond acceptors (Lipinski definition) is 4. The molecular formula is C11H17ClN2O2. The summed E-state index contributed by atoms with van der Waals surface area (Å²) < 4.78 is 10.8. The first-order chi connectivity index (χ1) is 7.74. The first-order valence-electron chi connectivity index (χ1n) is 5.52. The third-order valence-corrected chi connectivity index (χ3v) is 3.41. The van der Waals surface area contributed by atoms with Gasteiger partial charge in [-0.15, -0.1) is 11.6 Å². The van der Waals surface area contributed by atoms with Crippen molar-refractivity contribution in [3.8, 4) is 0 Å². The number of halogens is 1. The van der Waals surface area contributed by atoms with Gasteiger partial charge in [0.15, 0.2) is 0 Å². The highest BCUT2D eigenvalue weighted by molar-refractivity contribution is 6.16. The average molecular weight is 245 g/mol. The third kappa shape index (κ3) is 2.33. The van der Waals surface area contributed by atoms with Gasteiger partial charge in [0.25, 0.3) is 6.01 Å². The Morgan fingerprint density at radius 1 is 1.69 bits per heavy atom. The molecule has 1 fully saturated rings. The molecule has 1 aromatic heterocycles. The van der Waals surface area contributed by atoms with Crippen LogP contribution in [0.1, 0.15) is 19.0 Å². The van der Waals surface area contributed by atoms with Crippen molar-refractivity contribution < 1.29 is 9.15 Å². The van der Waals surface area contributed by atoms with Crippen molar-refractivity contribution in [3.63, 3.8) is 0 Å². The Bertz CT molecular complexity index is 342. The van der Waals surface area contributed by atoms with Gasteiger partial charge >= 0.3 is 0 Å². The molecule has 2 heterocycles. The zero-order valence-electron chi connectivity index (χ0n) is 9.65. The molecule has 1 aliphatic rings. The monoisotopic (exact) mass is 244 g/mol. The standard InChI is InChI=1S/C11H17ClN2O2/c1-8-3-4-14(6-10(8)15-2)11-13-9(5-12)7-16-11/h7-8,10H,3-6H2,1-2H3. The van der Waals surface area contributed by atoms with Gasteiger partial charge in [-0.1, -0.05) is 6.92 Å². The average Bonchev–Trinajstić information content (AvgIpc) is 2.78. The maximum Gasteiger partial charge on any atom is 0.297 e. The van der Waals surface area contributed by atoms with Crippen LogP contribution < -0.4 is 4.90 Å². The van der Waals surface area contributed by atoms with Crippen molar-refractivity contribution >= 4 is 17.6 Å². The molecule has 2 atom stereocenters. The second-order valence-electron chi connectivity index (χ2n) is 4.24. The Labute approximate surface area is 101 Å². The van der Waals surface area contributed by atoms with Gasteiger partial charge in [0.05, 0.1) is 17.7 Å². The summed E-state index contributed by atoms with van der Waals surface area (Å²) in [4.78, 5) is 6.43. The Balaban J connectivity index is 2.05. The molecule has 90 valence electrons. The number of aromatic nitrogens is 1. The molecule has 5 heteroatoms. The van der Waals surface area contributed by atoms with Crippen LogP contribution in [0.5, 0.6) is 0 Å². The molecule has 0 aliphatic carbocycles. The van der Waals surface area contributed by atoms with Crippen LogP contribution in [0.4, 0.5) is 6.01 Å². The largest absolute Gasteiger partial charge is 0.432 e. The van der Waals surface area contributed by atoms with E-state index in [2.05, 4.69) is 16.8 Å². The Morgan fingerprint density at radius 2 is 2.50 bits per heavy atom. The Hall–Kier alpha value is -0.740. The van der Waals surface area contributed by atoms with Gasteiger partial charge in [-0.2, -0.15) is 4.98 Å². The normalized spacial score (nSPS) is 26.1.